The molecule has 6 heteroatoms. The van der Waals surface area contributed by atoms with Gasteiger partial charge >= 0.3 is 6.09 Å². The molecular formula is C12H21F2NO3. The van der Waals surface area contributed by atoms with Crippen LogP contribution in [0.1, 0.15) is 34.1 Å². The monoisotopic (exact) mass is 265 g/mol. The molecule has 1 fully saturated rings. The van der Waals surface area contributed by atoms with E-state index >= 15 is 0 Å². The van der Waals surface area contributed by atoms with E-state index in [0.717, 1.165) is 6.92 Å². The first-order chi connectivity index (χ1) is 8.04. The second kappa shape index (κ2) is 4.99. The van der Waals surface area contributed by atoms with Crippen molar-refractivity contribution in [1.82, 2.24) is 4.90 Å². The molecule has 1 aliphatic rings. The third-order valence-electron chi connectivity index (χ3n) is 2.94. The Kier molecular flexibility index (Phi) is 4.20. The number of hydrogen-bond donors (Lipinski definition) is 1. The first kappa shape index (κ1) is 15.1. The van der Waals surface area contributed by atoms with E-state index in [2.05, 4.69) is 0 Å². The number of amides is 1. The molecule has 1 rings (SSSR count). The van der Waals surface area contributed by atoms with Crippen LogP contribution in [0.4, 0.5) is 13.6 Å². The lowest BCUT2D eigenvalue weighted by Crippen LogP contribution is -2.42. The average Bonchev–Trinajstić information content (AvgIpc) is 2.63. The minimum absolute atomic E-state index is 0.0766. The molecule has 0 bridgehead atoms. The lowest BCUT2D eigenvalue weighted by molar-refractivity contribution is -0.136. The molecule has 1 N–H and O–H groups in total. The Morgan fingerprint density at radius 2 is 2.00 bits per heavy atom. The summed E-state index contributed by atoms with van der Waals surface area (Å²) in [7, 11) is 0. The molecule has 0 aromatic carbocycles. The van der Waals surface area contributed by atoms with E-state index in [1.807, 2.05) is 0 Å². The molecule has 0 radical (unpaired) electrons. The molecule has 4 nitrogen and oxygen atoms in total. The van der Waals surface area contributed by atoms with Crippen LogP contribution in [0.15, 0.2) is 0 Å². The Bertz CT molecular complexity index is 313. The predicted octanol–water partition coefficient (Wildman–Crippen LogP) is 2.26. The van der Waals surface area contributed by atoms with Crippen molar-refractivity contribution in [1.29, 1.82) is 0 Å². The van der Waals surface area contributed by atoms with Crippen molar-refractivity contribution in [3.8, 4) is 0 Å². The van der Waals surface area contributed by atoms with E-state index in [1.165, 1.54) is 4.90 Å². The number of likely N-dealkylation sites (tertiary alicyclic amines) is 1. The molecule has 106 valence electrons. The van der Waals surface area contributed by atoms with Crippen molar-refractivity contribution < 1.29 is 23.4 Å². The van der Waals surface area contributed by atoms with Gasteiger partial charge in [0, 0.05) is 19.0 Å². The van der Waals surface area contributed by atoms with Gasteiger partial charge in [0.25, 0.3) is 5.92 Å². The maximum Gasteiger partial charge on any atom is 0.410 e. The topological polar surface area (TPSA) is 49.8 Å². The molecule has 1 aliphatic heterocycles. The number of nitrogens with zero attached hydrogens (tertiary/aromatic N) is 1. The summed E-state index contributed by atoms with van der Waals surface area (Å²) in [6.45, 7) is 6.40. The summed E-state index contributed by atoms with van der Waals surface area (Å²) in [5, 5.41) is 9.07. The number of carbonyl (C=O) groups is 1. The quantitative estimate of drug-likeness (QED) is 0.833. The van der Waals surface area contributed by atoms with Crippen LogP contribution in [0.25, 0.3) is 0 Å². The average molecular weight is 265 g/mol. The Morgan fingerprint density at radius 3 is 2.44 bits per heavy atom. The minimum Gasteiger partial charge on any atom is -0.444 e. The Morgan fingerprint density at radius 1 is 1.44 bits per heavy atom. The fraction of sp³-hybridized carbons (Fsp3) is 0.917. The van der Waals surface area contributed by atoms with Gasteiger partial charge in [-0.25, -0.2) is 13.6 Å². The van der Waals surface area contributed by atoms with Crippen molar-refractivity contribution in [3.63, 3.8) is 0 Å². The molecule has 2 atom stereocenters. The first-order valence-corrected chi connectivity index (χ1v) is 6.08. The van der Waals surface area contributed by atoms with Gasteiger partial charge in [-0.15, -0.1) is 0 Å². The van der Waals surface area contributed by atoms with Crippen LogP contribution >= 0.6 is 0 Å². The molecular weight excluding hydrogens is 244 g/mol. The van der Waals surface area contributed by atoms with Crippen LogP contribution in [-0.4, -0.2) is 46.8 Å². The predicted molar refractivity (Wildman–Crippen MR) is 62.5 cm³/mol. The molecule has 0 aliphatic carbocycles. The molecule has 1 heterocycles. The lowest BCUT2D eigenvalue weighted by atomic mass is 9.97. The van der Waals surface area contributed by atoms with Crippen molar-refractivity contribution in [2.45, 2.75) is 51.7 Å². The van der Waals surface area contributed by atoms with Crippen LogP contribution in [0.5, 0.6) is 0 Å². The Balaban J connectivity index is 2.59. The van der Waals surface area contributed by atoms with Crippen molar-refractivity contribution >= 4 is 6.09 Å². The van der Waals surface area contributed by atoms with Gasteiger partial charge in [0.1, 0.15) is 11.7 Å². The van der Waals surface area contributed by atoms with Crippen molar-refractivity contribution in [2.75, 3.05) is 13.1 Å². The van der Waals surface area contributed by atoms with Gasteiger partial charge in [0.2, 0.25) is 0 Å². The fourth-order valence-electron chi connectivity index (χ4n) is 1.91. The zero-order valence-corrected chi connectivity index (χ0v) is 11.2. The molecule has 1 saturated heterocycles. The summed E-state index contributed by atoms with van der Waals surface area (Å²) >= 11 is 0. The summed E-state index contributed by atoms with van der Waals surface area (Å²) in [5.74, 6) is -4.18. The molecule has 18 heavy (non-hydrogen) atoms. The summed E-state index contributed by atoms with van der Waals surface area (Å²) in [5.41, 5.74) is -0.637. The number of aliphatic hydroxyl groups is 1. The second-order valence-corrected chi connectivity index (χ2v) is 5.76. The normalized spacial score (nSPS) is 23.1. The molecule has 0 spiro atoms. The second-order valence-electron chi connectivity index (χ2n) is 5.76. The van der Waals surface area contributed by atoms with E-state index < -0.39 is 29.6 Å². The van der Waals surface area contributed by atoms with Gasteiger partial charge < -0.3 is 14.7 Å². The summed E-state index contributed by atoms with van der Waals surface area (Å²) in [6, 6.07) is 0. The maximum atomic E-state index is 13.6. The summed E-state index contributed by atoms with van der Waals surface area (Å²) < 4.78 is 32.3. The van der Waals surface area contributed by atoms with Crippen LogP contribution in [-0.2, 0) is 4.74 Å². The number of hydrogen-bond acceptors (Lipinski definition) is 3. The van der Waals surface area contributed by atoms with E-state index in [4.69, 9.17) is 9.84 Å². The van der Waals surface area contributed by atoms with E-state index in [9.17, 15) is 13.6 Å². The van der Waals surface area contributed by atoms with Gasteiger partial charge in [-0.05, 0) is 34.1 Å². The third kappa shape index (κ3) is 3.54. The minimum atomic E-state index is -3.17. The lowest BCUT2D eigenvalue weighted by Gasteiger charge is -2.27. The Hall–Kier alpha value is -0.910. The summed E-state index contributed by atoms with van der Waals surface area (Å²) in [4.78, 5) is 13.0. The highest BCUT2D eigenvalue weighted by atomic mass is 19.3. The fourth-order valence-corrected chi connectivity index (χ4v) is 1.91. The van der Waals surface area contributed by atoms with Gasteiger partial charge in [-0.1, -0.05) is 0 Å². The van der Waals surface area contributed by atoms with Crippen molar-refractivity contribution in [3.05, 3.63) is 0 Å². The van der Waals surface area contributed by atoms with E-state index in [1.54, 1.807) is 20.8 Å². The molecule has 0 saturated carbocycles. The Labute approximate surface area is 106 Å². The first-order valence-electron chi connectivity index (χ1n) is 6.08. The van der Waals surface area contributed by atoms with E-state index in [0.29, 0.717) is 0 Å². The van der Waals surface area contributed by atoms with Crippen LogP contribution < -0.4 is 0 Å². The zero-order valence-electron chi connectivity index (χ0n) is 11.2. The number of carbonyl (C=O) groups excluding carboxylic acids is 1. The number of rotatable bonds is 2. The number of halogens is 2. The van der Waals surface area contributed by atoms with Crippen LogP contribution in [0, 0.1) is 5.92 Å². The van der Waals surface area contributed by atoms with Gasteiger partial charge in [0.05, 0.1) is 0 Å². The van der Waals surface area contributed by atoms with E-state index in [-0.39, 0.29) is 19.5 Å². The number of alkyl halides is 2. The smallest absolute Gasteiger partial charge is 0.410 e. The highest BCUT2D eigenvalue weighted by molar-refractivity contribution is 5.68. The van der Waals surface area contributed by atoms with Gasteiger partial charge in [-0.2, -0.15) is 0 Å². The number of aliphatic hydroxyl groups excluding tert-OH is 1. The zero-order chi connectivity index (χ0) is 14.1. The molecule has 0 aromatic heterocycles. The SMILES string of the molecule is CC(O)C(F)(F)C1CCN(C(=O)OC(C)(C)C)C1. The largest absolute Gasteiger partial charge is 0.444 e. The number of ether oxygens (including phenoxy) is 1. The van der Waals surface area contributed by atoms with Gasteiger partial charge in [-0.3, -0.25) is 0 Å². The van der Waals surface area contributed by atoms with Gasteiger partial charge in [0.15, 0.2) is 0 Å². The molecule has 1 amide bonds. The summed E-state index contributed by atoms with van der Waals surface area (Å²) in [6.07, 6.45) is -2.11. The third-order valence-corrected chi connectivity index (χ3v) is 2.94. The van der Waals surface area contributed by atoms with Crippen LogP contribution in [0.3, 0.4) is 0 Å². The standard InChI is InChI=1S/C12H21F2NO3/c1-8(16)12(13,14)9-5-6-15(7-9)10(17)18-11(2,3)4/h8-9,16H,5-7H2,1-4H3. The highest BCUT2D eigenvalue weighted by Crippen LogP contribution is 2.35. The van der Waals surface area contributed by atoms with Crippen LogP contribution in [0.2, 0.25) is 0 Å². The van der Waals surface area contributed by atoms with Crippen molar-refractivity contribution in [2.24, 2.45) is 5.92 Å². The maximum absolute atomic E-state index is 13.6. The molecule has 2 unspecified atom stereocenters. The molecule has 0 aromatic rings. The highest BCUT2D eigenvalue weighted by Gasteiger charge is 2.48.